The zero-order chi connectivity index (χ0) is 15.8. The van der Waals surface area contributed by atoms with Crippen molar-refractivity contribution >= 4 is 25.7 Å². The molecule has 114 valence electrons. The maximum absolute atomic E-state index is 12.1. The monoisotopic (exact) mass is 330 g/mol. The van der Waals surface area contributed by atoms with Crippen LogP contribution in [0.15, 0.2) is 40.4 Å². The maximum atomic E-state index is 12.1. The van der Waals surface area contributed by atoms with Crippen LogP contribution in [-0.2, 0) is 27.1 Å². The summed E-state index contributed by atoms with van der Waals surface area (Å²) in [7, 11) is -6.00. The van der Waals surface area contributed by atoms with Crippen molar-refractivity contribution in [2.24, 2.45) is 12.2 Å². The molecule has 0 aliphatic rings. The Balaban J connectivity index is 2.36. The molecule has 0 radical (unpaired) electrons. The van der Waals surface area contributed by atoms with Crippen LogP contribution in [0.4, 0.5) is 5.69 Å². The Hall–Kier alpha value is -1.91. The van der Waals surface area contributed by atoms with E-state index in [1.807, 2.05) is 0 Å². The van der Waals surface area contributed by atoms with Crippen molar-refractivity contribution in [2.75, 3.05) is 4.72 Å². The third-order valence-corrected chi connectivity index (χ3v) is 4.99. The van der Waals surface area contributed by atoms with Gasteiger partial charge in [0.25, 0.3) is 10.0 Å². The molecule has 0 atom stereocenters. The van der Waals surface area contributed by atoms with E-state index in [0.29, 0.717) is 5.56 Å². The number of nitrogens with zero attached hydrogens (tertiary/aromatic N) is 2. The van der Waals surface area contributed by atoms with E-state index in [2.05, 4.69) is 9.82 Å². The summed E-state index contributed by atoms with van der Waals surface area (Å²) in [6.07, 6.45) is 2.58. The van der Waals surface area contributed by atoms with E-state index in [-0.39, 0.29) is 15.5 Å². The predicted molar refractivity (Wildman–Crippen MR) is 76.6 cm³/mol. The molecule has 0 unspecified atom stereocenters. The van der Waals surface area contributed by atoms with E-state index in [9.17, 15) is 16.8 Å². The number of anilines is 1. The van der Waals surface area contributed by atoms with Gasteiger partial charge < -0.3 is 0 Å². The number of rotatable bonds is 4. The molecule has 10 heteroatoms. The van der Waals surface area contributed by atoms with Gasteiger partial charge in [-0.05, 0) is 30.7 Å². The molecule has 0 amide bonds. The number of aryl methyl sites for hydroxylation is 2. The van der Waals surface area contributed by atoms with E-state index in [1.54, 1.807) is 14.0 Å². The topological polar surface area (TPSA) is 124 Å². The lowest BCUT2D eigenvalue weighted by molar-refractivity contribution is 0.597. The molecule has 2 aromatic rings. The van der Waals surface area contributed by atoms with Gasteiger partial charge in [0, 0.05) is 13.2 Å². The predicted octanol–water partition coefficient (Wildman–Crippen LogP) is 0.177. The second-order valence-corrected chi connectivity index (χ2v) is 7.72. The number of sulfonamides is 2. The summed E-state index contributed by atoms with van der Waals surface area (Å²) in [6.45, 7) is 1.58. The van der Waals surface area contributed by atoms with Gasteiger partial charge in [0.15, 0.2) is 0 Å². The normalized spacial score (nSPS) is 12.3. The number of hydrogen-bond donors (Lipinski definition) is 2. The molecule has 2 rings (SSSR count). The summed E-state index contributed by atoms with van der Waals surface area (Å²) in [5, 5.41) is 8.81. The van der Waals surface area contributed by atoms with Gasteiger partial charge >= 0.3 is 0 Å². The molecule has 0 bridgehead atoms. The first-order chi connectivity index (χ1) is 9.59. The second kappa shape index (κ2) is 5.13. The van der Waals surface area contributed by atoms with Gasteiger partial charge in [-0.3, -0.25) is 9.40 Å². The van der Waals surface area contributed by atoms with Crippen molar-refractivity contribution in [3.05, 3.63) is 36.2 Å². The van der Waals surface area contributed by atoms with Crippen LogP contribution >= 0.6 is 0 Å². The van der Waals surface area contributed by atoms with Crippen LogP contribution in [0.3, 0.4) is 0 Å². The molecular weight excluding hydrogens is 316 g/mol. The van der Waals surface area contributed by atoms with Gasteiger partial charge in [0.1, 0.15) is 4.90 Å². The maximum Gasteiger partial charge on any atom is 0.265 e. The minimum Gasteiger partial charge on any atom is -0.279 e. The molecule has 0 fully saturated rings. The lowest BCUT2D eigenvalue weighted by atomic mass is 10.2. The fourth-order valence-corrected chi connectivity index (χ4v) is 3.38. The molecule has 1 aromatic heterocycles. The van der Waals surface area contributed by atoms with Crippen LogP contribution in [0, 0.1) is 6.92 Å². The summed E-state index contributed by atoms with van der Waals surface area (Å²) in [4.78, 5) is -0.0655. The van der Waals surface area contributed by atoms with E-state index in [4.69, 9.17) is 5.14 Å². The molecule has 8 nitrogen and oxygen atoms in total. The molecule has 3 N–H and O–H groups in total. The number of aromatic nitrogens is 2. The standard InChI is InChI=1S/C11H14N4O4S2/c1-8-5-9(20(12,16)17)3-4-11(8)14-21(18,19)10-6-13-15(2)7-10/h3-7,14H,1-2H3,(H2,12,16,17). The quantitative estimate of drug-likeness (QED) is 0.827. The number of hydrogen-bond acceptors (Lipinski definition) is 5. The average Bonchev–Trinajstić information content (AvgIpc) is 2.78. The Labute approximate surface area is 122 Å². The van der Waals surface area contributed by atoms with Gasteiger partial charge in [-0.1, -0.05) is 0 Å². The van der Waals surface area contributed by atoms with Crippen LogP contribution < -0.4 is 9.86 Å². The minimum absolute atomic E-state index is 0.0138. The minimum atomic E-state index is -3.83. The van der Waals surface area contributed by atoms with Crippen LogP contribution in [-0.4, -0.2) is 26.6 Å². The van der Waals surface area contributed by atoms with Crippen LogP contribution in [0.25, 0.3) is 0 Å². The molecule has 1 aromatic carbocycles. The first-order valence-corrected chi connectivity index (χ1v) is 8.77. The summed E-state index contributed by atoms with van der Waals surface area (Å²) < 4.78 is 50.5. The summed E-state index contributed by atoms with van der Waals surface area (Å²) in [5.41, 5.74) is 0.709. The van der Waals surface area contributed by atoms with Gasteiger partial charge in [0.2, 0.25) is 10.0 Å². The summed E-state index contributed by atoms with van der Waals surface area (Å²) in [6, 6.07) is 3.89. The highest BCUT2D eigenvalue weighted by atomic mass is 32.2. The lowest BCUT2D eigenvalue weighted by Crippen LogP contribution is -2.15. The Morgan fingerprint density at radius 2 is 1.86 bits per heavy atom. The Morgan fingerprint density at radius 3 is 2.33 bits per heavy atom. The van der Waals surface area contributed by atoms with E-state index >= 15 is 0 Å². The average molecular weight is 330 g/mol. The molecule has 0 aliphatic carbocycles. The van der Waals surface area contributed by atoms with Crippen LogP contribution in [0.1, 0.15) is 5.56 Å². The Morgan fingerprint density at radius 1 is 1.19 bits per heavy atom. The zero-order valence-electron chi connectivity index (χ0n) is 11.3. The van der Waals surface area contributed by atoms with E-state index in [0.717, 1.165) is 0 Å². The van der Waals surface area contributed by atoms with E-state index < -0.39 is 20.0 Å². The SMILES string of the molecule is Cc1cc(S(N)(=O)=O)ccc1NS(=O)(=O)c1cnn(C)c1. The molecule has 0 saturated heterocycles. The molecule has 21 heavy (non-hydrogen) atoms. The number of benzene rings is 1. The van der Waals surface area contributed by atoms with Crippen molar-refractivity contribution in [1.82, 2.24) is 9.78 Å². The first-order valence-electron chi connectivity index (χ1n) is 5.74. The third kappa shape index (κ3) is 3.40. The smallest absolute Gasteiger partial charge is 0.265 e. The fourth-order valence-electron chi connectivity index (χ4n) is 1.67. The van der Waals surface area contributed by atoms with E-state index in [1.165, 1.54) is 35.3 Å². The lowest BCUT2D eigenvalue weighted by Gasteiger charge is -2.10. The molecule has 1 heterocycles. The number of primary sulfonamides is 1. The van der Waals surface area contributed by atoms with Gasteiger partial charge in [-0.15, -0.1) is 0 Å². The largest absolute Gasteiger partial charge is 0.279 e. The summed E-state index contributed by atoms with van der Waals surface area (Å²) >= 11 is 0. The van der Waals surface area contributed by atoms with Crippen molar-refractivity contribution in [2.45, 2.75) is 16.7 Å². The van der Waals surface area contributed by atoms with Crippen molar-refractivity contribution < 1.29 is 16.8 Å². The molecular formula is C11H14N4O4S2. The summed E-state index contributed by atoms with van der Waals surface area (Å²) in [5.74, 6) is 0. The molecule has 0 spiro atoms. The van der Waals surface area contributed by atoms with Crippen molar-refractivity contribution in [3.8, 4) is 0 Å². The van der Waals surface area contributed by atoms with Gasteiger partial charge in [-0.25, -0.2) is 22.0 Å². The third-order valence-electron chi connectivity index (χ3n) is 2.76. The number of nitrogens with one attached hydrogen (secondary N) is 1. The highest BCUT2D eigenvalue weighted by molar-refractivity contribution is 7.92. The fraction of sp³-hybridized carbons (Fsp3) is 0.182. The van der Waals surface area contributed by atoms with Gasteiger partial charge in [-0.2, -0.15) is 5.10 Å². The molecule has 0 saturated carbocycles. The van der Waals surface area contributed by atoms with Crippen molar-refractivity contribution in [1.29, 1.82) is 0 Å². The molecule has 0 aliphatic heterocycles. The zero-order valence-corrected chi connectivity index (χ0v) is 12.9. The second-order valence-electron chi connectivity index (χ2n) is 4.48. The Bertz CT molecular complexity index is 885. The first kappa shape index (κ1) is 15.5. The highest BCUT2D eigenvalue weighted by Crippen LogP contribution is 2.22. The van der Waals surface area contributed by atoms with Gasteiger partial charge in [0.05, 0.1) is 16.8 Å². The highest BCUT2D eigenvalue weighted by Gasteiger charge is 2.18. The van der Waals surface area contributed by atoms with Crippen molar-refractivity contribution in [3.63, 3.8) is 0 Å². The number of nitrogens with two attached hydrogens (primary N) is 1. The van der Waals surface area contributed by atoms with Crippen LogP contribution in [0.5, 0.6) is 0 Å². The Kier molecular flexibility index (Phi) is 3.78. The van der Waals surface area contributed by atoms with Crippen LogP contribution in [0.2, 0.25) is 0 Å².